The molecule has 0 saturated heterocycles. The van der Waals surface area contributed by atoms with Crippen LogP contribution >= 0.6 is 36.2 Å². The van der Waals surface area contributed by atoms with Gasteiger partial charge in [-0.2, -0.15) is 5.10 Å². The second-order valence-corrected chi connectivity index (χ2v) is 8.12. The van der Waals surface area contributed by atoms with Crippen LogP contribution in [0, 0.1) is 13.8 Å². The predicted octanol–water partition coefficient (Wildman–Crippen LogP) is 4.15. The number of amides is 1. The van der Waals surface area contributed by atoms with Crippen LogP contribution in [0.3, 0.4) is 0 Å². The lowest BCUT2D eigenvalue weighted by Gasteiger charge is -2.11. The molecule has 0 spiro atoms. The van der Waals surface area contributed by atoms with Crippen LogP contribution in [-0.2, 0) is 0 Å². The third-order valence-electron chi connectivity index (χ3n) is 4.28. The van der Waals surface area contributed by atoms with Crippen LogP contribution in [0.15, 0.2) is 18.3 Å². The van der Waals surface area contributed by atoms with Crippen molar-refractivity contribution in [3.05, 3.63) is 33.6 Å². The van der Waals surface area contributed by atoms with Gasteiger partial charge in [0.25, 0.3) is 5.91 Å². The molecule has 0 bridgehead atoms. The summed E-state index contributed by atoms with van der Waals surface area (Å²) in [6, 6.07) is 4.19. The molecule has 28 heavy (non-hydrogen) atoms. The number of hydrogen-bond acceptors (Lipinski definition) is 5. The maximum Gasteiger partial charge on any atom is 0.252 e. The van der Waals surface area contributed by atoms with E-state index in [1.807, 2.05) is 17.8 Å². The number of aromatic nitrogens is 3. The monoisotopic (exact) mass is 443 g/mol. The first-order chi connectivity index (χ1) is 12.4. The van der Waals surface area contributed by atoms with Crippen molar-refractivity contribution in [2.24, 2.45) is 0 Å². The van der Waals surface area contributed by atoms with Gasteiger partial charge in [-0.25, -0.2) is 9.67 Å². The zero-order valence-corrected chi connectivity index (χ0v) is 19.1. The number of halogens is 2. The normalized spacial score (nSPS) is 10.6. The molecule has 1 amide bonds. The van der Waals surface area contributed by atoms with Crippen molar-refractivity contribution in [1.29, 1.82) is 0 Å². The molecule has 3 rings (SSSR count). The van der Waals surface area contributed by atoms with E-state index < -0.39 is 0 Å². The molecular weight excluding hydrogens is 417 g/mol. The van der Waals surface area contributed by atoms with Crippen molar-refractivity contribution in [2.45, 2.75) is 33.7 Å². The molecule has 0 aliphatic heterocycles. The highest BCUT2D eigenvalue weighted by Gasteiger charge is 2.19. The van der Waals surface area contributed by atoms with Crippen LogP contribution in [0.25, 0.3) is 22.3 Å². The lowest BCUT2D eigenvalue weighted by molar-refractivity contribution is 0.0955. The van der Waals surface area contributed by atoms with Gasteiger partial charge in [-0.1, -0.05) is 0 Å². The van der Waals surface area contributed by atoms with E-state index >= 15 is 0 Å². The van der Waals surface area contributed by atoms with E-state index in [-0.39, 0.29) is 36.8 Å². The van der Waals surface area contributed by atoms with Crippen molar-refractivity contribution in [1.82, 2.24) is 25.4 Å². The second-order valence-electron chi connectivity index (χ2n) is 6.66. The number of pyridine rings is 1. The largest absolute Gasteiger partial charge is 0.351 e. The average molecular weight is 444 g/mol. The average Bonchev–Trinajstić information content (AvgIpc) is 3.16. The van der Waals surface area contributed by atoms with Gasteiger partial charge in [-0.15, -0.1) is 36.2 Å². The van der Waals surface area contributed by atoms with Gasteiger partial charge in [-0.05, 0) is 46.9 Å². The number of hydrogen-bond donors (Lipinski definition) is 2. The Labute approximate surface area is 181 Å². The van der Waals surface area contributed by atoms with E-state index in [0.717, 1.165) is 28.8 Å². The Morgan fingerprint density at radius 2 is 1.93 bits per heavy atom. The van der Waals surface area contributed by atoms with Crippen molar-refractivity contribution in [3.8, 4) is 11.3 Å². The minimum absolute atomic E-state index is 0. The molecule has 9 heteroatoms. The van der Waals surface area contributed by atoms with Gasteiger partial charge >= 0.3 is 0 Å². The number of thiophene rings is 1. The zero-order valence-electron chi connectivity index (χ0n) is 16.7. The lowest BCUT2D eigenvalue weighted by Crippen LogP contribution is -2.30. The number of nitrogens with zero attached hydrogens (tertiary/aromatic N) is 3. The van der Waals surface area contributed by atoms with Crippen molar-refractivity contribution >= 4 is 53.1 Å². The molecule has 6 nitrogen and oxygen atoms in total. The molecular formula is C19H27Cl2N5OS. The molecule has 0 radical (unpaired) electrons. The number of fused-ring (bicyclic) bond motifs is 1. The molecule has 3 aromatic rings. The van der Waals surface area contributed by atoms with Gasteiger partial charge in [0.15, 0.2) is 5.65 Å². The molecule has 2 N–H and O–H groups in total. The van der Waals surface area contributed by atoms with Crippen LogP contribution in [0.5, 0.6) is 0 Å². The van der Waals surface area contributed by atoms with E-state index in [9.17, 15) is 4.79 Å². The summed E-state index contributed by atoms with van der Waals surface area (Å²) >= 11 is 1.74. The van der Waals surface area contributed by atoms with Gasteiger partial charge in [0.1, 0.15) is 0 Å². The van der Waals surface area contributed by atoms with Crippen molar-refractivity contribution in [2.75, 3.05) is 20.1 Å². The van der Waals surface area contributed by atoms with E-state index in [0.29, 0.717) is 12.1 Å². The highest BCUT2D eigenvalue weighted by molar-refractivity contribution is 7.12. The number of carbonyl (C=O) groups excluding carboxylic acids is 1. The fraction of sp³-hybridized carbons (Fsp3) is 0.421. The predicted molar refractivity (Wildman–Crippen MR) is 121 cm³/mol. The SMILES string of the molecule is CNCCNC(=O)c1cc(-c2cc(C)sc2C)nc2c1cnn2C(C)C.Cl.Cl. The smallest absolute Gasteiger partial charge is 0.252 e. The lowest BCUT2D eigenvalue weighted by atomic mass is 10.1. The maximum atomic E-state index is 12.8. The fourth-order valence-corrected chi connectivity index (χ4v) is 3.94. The molecule has 0 atom stereocenters. The molecule has 0 unspecified atom stereocenters. The van der Waals surface area contributed by atoms with Crippen LogP contribution in [0.2, 0.25) is 0 Å². The quantitative estimate of drug-likeness (QED) is 0.561. The van der Waals surface area contributed by atoms with Gasteiger partial charge in [-0.3, -0.25) is 4.79 Å². The van der Waals surface area contributed by atoms with Gasteiger partial charge in [0.05, 0.1) is 22.8 Å². The Morgan fingerprint density at radius 1 is 1.21 bits per heavy atom. The third-order valence-corrected chi connectivity index (χ3v) is 5.24. The molecule has 154 valence electrons. The van der Waals surface area contributed by atoms with Gasteiger partial charge in [0, 0.05) is 34.4 Å². The Balaban J connectivity index is 0.00000196. The summed E-state index contributed by atoms with van der Waals surface area (Å²) in [6.07, 6.45) is 1.74. The third kappa shape index (κ3) is 4.84. The van der Waals surface area contributed by atoms with E-state index in [1.54, 1.807) is 17.5 Å². The van der Waals surface area contributed by atoms with Gasteiger partial charge in [0.2, 0.25) is 0 Å². The fourth-order valence-electron chi connectivity index (χ4n) is 3.00. The first kappa shape index (κ1) is 24.4. The van der Waals surface area contributed by atoms with Crippen LogP contribution in [0.4, 0.5) is 0 Å². The van der Waals surface area contributed by atoms with Crippen molar-refractivity contribution < 1.29 is 4.79 Å². The summed E-state index contributed by atoms with van der Waals surface area (Å²) in [5.74, 6) is -0.0955. The Kier molecular flexibility index (Phi) is 8.88. The number of carbonyl (C=O) groups is 1. The zero-order chi connectivity index (χ0) is 18.8. The number of likely N-dealkylation sites (N-methyl/N-ethyl adjacent to an activating group) is 1. The summed E-state index contributed by atoms with van der Waals surface area (Å²) < 4.78 is 1.87. The molecule has 3 aromatic heterocycles. The Bertz CT molecular complexity index is 951. The standard InChI is InChI=1S/C19H25N5OS.2ClH/c1-11(2)24-18-16(10-22-24)15(19(25)21-7-6-20-5)9-17(23-18)14-8-12(3)26-13(14)4;;/h8-11,20H,6-7H2,1-5H3,(H,21,25);2*1H. The van der Waals surface area contributed by atoms with Crippen LogP contribution < -0.4 is 10.6 Å². The van der Waals surface area contributed by atoms with Crippen molar-refractivity contribution in [3.63, 3.8) is 0 Å². The molecule has 0 aliphatic carbocycles. The summed E-state index contributed by atoms with van der Waals surface area (Å²) in [5, 5.41) is 11.2. The first-order valence-electron chi connectivity index (χ1n) is 8.80. The van der Waals surface area contributed by atoms with E-state index in [2.05, 4.69) is 49.5 Å². The molecule has 3 heterocycles. The minimum atomic E-state index is -0.0955. The number of rotatable bonds is 6. The minimum Gasteiger partial charge on any atom is -0.351 e. The molecule has 0 saturated carbocycles. The topological polar surface area (TPSA) is 71.8 Å². The molecule has 0 aromatic carbocycles. The summed E-state index contributed by atoms with van der Waals surface area (Å²) in [5.41, 5.74) is 3.27. The van der Waals surface area contributed by atoms with Crippen LogP contribution in [-0.4, -0.2) is 40.8 Å². The Morgan fingerprint density at radius 3 is 2.50 bits per heavy atom. The van der Waals surface area contributed by atoms with Gasteiger partial charge < -0.3 is 10.6 Å². The highest BCUT2D eigenvalue weighted by Crippen LogP contribution is 2.32. The number of nitrogens with one attached hydrogen (secondary N) is 2. The molecule has 0 fully saturated rings. The first-order valence-corrected chi connectivity index (χ1v) is 9.62. The van der Waals surface area contributed by atoms with E-state index in [4.69, 9.17) is 4.98 Å². The summed E-state index contributed by atoms with van der Waals surface area (Å²) in [6.45, 7) is 9.60. The number of aryl methyl sites for hydroxylation is 2. The summed E-state index contributed by atoms with van der Waals surface area (Å²) in [7, 11) is 1.86. The molecule has 0 aliphatic rings. The van der Waals surface area contributed by atoms with E-state index in [1.165, 1.54) is 9.75 Å². The Hall–Kier alpha value is -1.67. The maximum absolute atomic E-state index is 12.8. The summed E-state index contributed by atoms with van der Waals surface area (Å²) in [4.78, 5) is 20.1. The second kappa shape index (κ2) is 10.2. The highest BCUT2D eigenvalue weighted by atomic mass is 35.5. The van der Waals surface area contributed by atoms with Crippen LogP contribution in [0.1, 0.15) is 40.0 Å².